The van der Waals surface area contributed by atoms with Gasteiger partial charge in [0, 0.05) is 17.0 Å². The lowest BCUT2D eigenvalue weighted by molar-refractivity contribution is 0.628. The van der Waals surface area contributed by atoms with Crippen molar-refractivity contribution in [2.45, 2.75) is 26.3 Å². The minimum atomic E-state index is -0.229. The van der Waals surface area contributed by atoms with Gasteiger partial charge in [0.05, 0.1) is 5.39 Å². The second-order valence-corrected chi connectivity index (χ2v) is 5.87. The first-order chi connectivity index (χ1) is 10.2. The number of aromatic nitrogens is 2. The summed E-state index contributed by atoms with van der Waals surface area (Å²) >= 11 is 1.58. The average Bonchev–Trinajstić information content (AvgIpc) is 2.93. The maximum Gasteiger partial charge on any atom is 0.139 e. The van der Waals surface area contributed by atoms with E-state index in [1.165, 1.54) is 12.1 Å². The largest absolute Gasteiger partial charge is 0.367 e. The van der Waals surface area contributed by atoms with Gasteiger partial charge in [0.25, 0.3) is 0 Å². The van der Waals surface area contributed by atoms with Gasteiger partial charge in [-0.15, -0.1) is 11.3 Å². The molecular formula is C16H16FN3S. The van der Waals surface area contributed by atoms with Crippen molar-refractivity contribution in [3.05, 3.63) is 41.8 Å². The van der Waals surface area contributed by atoms with Crippen molar-refractivity contribution in [1.82, 2.24) is 9.97 Å². The molecule has 0 aliphatic rings. The van der Waals surface area contributed by atoms with Gasteiger partial charge in [-0.2, -0.15) is 0 Å². The number of hydrogen-bond donors (Lipinski definition) is 1. The number of fused-ring (bicyclic) bond motifs is 1. The zero-order chi connectivity index (χ0) is 14.8. The lowest BCUT2D eigenvalue weighted by Gasteiger charge is -2.13. The van der Waals surface area contributed by atoms with Crippen LogP contribution in [0.1, 0.15) is 20.3 Å². The van der Waals surface area contributed by atoms with E-state index in [0.29, 0.717) is 6.04 Å². The molecule has 3 aromatic rings. The minimum Gasteiger partial charge on any atom is -0.367 e. The number of hydrogen-bond acceptors (Lipinski definition) is 4. The van der Waals surface area contributed by atoms with Crippen LogP contribution in [-0.2, 0) is 0 Å². The van der Waals surface area contributed by atoms with E-state index in [1.54, 1.807) is 29.8 Å². The Labute approximate surface area is 126 Å². The Kier molecular flexibility index (Phi) is 3.84. The van der Waals surface area contributed by atoms with Gasteiger partial charge in [-0.3, -0.25) is 0 Å². The number of benzene rings is 1. The molecular weight excluding hydrogens is 285 g/mol. The highest BCUT2D eigenvalue weighted by Crippen LogP contribution is 2.36. The smallest absolute Gasteiger partial charge is 0.139 e. The molecule has 3 rings (SSSR count). The molecule has 2 aromatic heterocycles. The molecule has 0 saturated heterocycles. The zero-order valence-electron chi connectivity index (χ0n) is 11.9. The summed E-state index contributed by atoms with van der Waals surface area (Å²) in [6, 6.07) is 6.87. The highest BCUT2D eigenvalue weighted by atomic mass is 32.1. The van der Waals surface area contributed by atoms with Crippen molar-refractivity contribution in [2.75, 3.05) is 5.32 Å². The maximum absolute atomic E-state index is 13.1. The summed E-state index contributed by atoms with van der Waals surface area (Å²) in [5, 5.41) is 6.48. The van der Waals surface area contributed by atoms with Crippen molar-refractivity contribution < 1.29 is 4.39 Å². The first kappa shape index (κ1) is 13.9. The predicted octanol–water partition coefficient (Wildman–Crippen LogP) is 4.71. The van der Waals surface area contributed by atoms with Crippen LogP contribution in [0.5, 0.6) is 0 Å². The number of halogens is 1. The van der Waals surface area contributed by atoms with Crippen molar-refractivity contribution in [3.63, 3.8) is 0 Å². The lowest BCUT2D eigenvalue weighted by atomic mass is 10.1. The number of thiophene rings is 1. The molecule has 0 spiro atoms. The van der Waals surface area contributed by atoms with Crippen molar-refractivity contribution in [2.24, 2.45) is 0 Å². The van der Waals surface area contributed by atoms with E-state index in [9.17, 15) is 4.39 Å². The molecule has 0 aliphatic heterocycles. The van der Waals surface area contributed by atoms with Gasteiger partial charge in [0.2, 0.25) is 0 Å². The third kappa shape index (κ3) is 2.74. The molecule has 3 nitrogen and oxygen atoms in total. The van der Waals surface area contributed by atoms with E-state index in [2.05, 4.69) is 29.1 Å². The molecule has 0 bridgehead atoms. The number of rotatable bonds is 4. The fourth-order valence-corrected chi connectivity index (χ4v) is 3.08. The van der Waals surface area contributed by atoms with Gasteiger partial charge in [-0.25, -0.2) is 14.4 Å². The van der Waals surface area contributed by atoms with Gasteiger partial charge in [0.1, 0.15) is 22.8 Å². The molecule has 1 atom stereocenters. The SMILES string of the molecule is CC[C@H](C)Nc1ncnc2scc(-c3ccc(F)cc3)c12. The van der Waals surface area contributed by atoms with E-state index in [-0.39, 0.29) is 5.82 Å². The maximum atomic E-state index is 13.1. The second kappa shape index (κ2) is 5.77. The number of nitrogens with one attached hydrogen (secondary N) is 1. The van der Waals surface area contributed by atoms with Crippen LogP contribution >= 0.6 is 11.3 Å². The first-order valence-electron chi connectivity index (χ1n) is 6.93. The molecule has 0 aliphatic carbocycles. The summed E-state index contributed by atoms with van der Waals surface area (Å²) in [4.78, 5) is 9.65. The Morgan fingerprint density at radius 1 is 1.24 bits per heavy atom. The van der Waals surface area contributed by atoms with Crippen LogP contribution < -0.4 is 5.32 Å². The van der Waals surface area contributed by atoms with E-state index < -0.39 is 0 Å². The van der Waals surface area contributed by atoms with Crippen LogP contribution in [0.3, 0.4) is 0 Å². The number of anilines is 1. The monoisotopic (exact) mass is 301 g/mol. The topological polar surface area (TPSA) is 37.8 Å². The molecule has 2 heterocycles. The molecule has 0 saturated carbocycles. The van der Waals surface area contributed by atoms with Gasteiger partial charge in [0.15, 0.2) is 0 Å². The first-order valence-corrected chi connectivity index (χ1v) is 7.81. The molecule has 0 radical (unpaired) electrons. The van der Waals surface area contributed by atoms with Crippen LogP contribution in [0, 0.1) is 5.82 Å². The van der Waals surface area contributed by atoms with Crippen LogP contribution in [0.15, 0.2) is 36.0 Å². The Hall–Kier alpha value is -2.01. The average molecular weight is 301 g/mol. The Balaban J connectivity index is 2.13. The zero-order valence-corrected chi connectivity index (χ0v) is 12.7. The van der Waals surface area contributed by atoms with Gasteiger partial charge < -0.3 is 5.32 Å². The van der Waals surface area contributed by atoms with Crippen LogP contribution in [-0.4, -0.2) is 16.0 Å². The molecule has 1 N–H and O–H groups in total. The summed E-state index contributed by atoms with van der Waals surface area (Å²) in [6.45, 7) is 4.25. The lowest BCUT2D eigenvalue weighted by Crippen LogP contribution is -2.14. The van der Waals surface area contributed by atoms with Crippen molar-refractivity contribution >= 4 is 27.4 Å². The summed E-state index contributed by atoms with van der Waals surface area (Å²) in [7, 11) is 0. The third-order valence-corrected chi connectivity index (χ3v) is 4.41. The molecule has 0 amide bonds. The summed E-state index contributed by atoms with van der Waals surface area (Å²) in [5.74, 6) is 0.613. The van der Waals surface area contributed by atoms with E-state index >= 15 is 0 Å². The van der Waals surface area contributed by atoms with E-state index in [0.717, 1.165) is 33.6 Å². The Morgan fingerprint density at radius 2 is 2.00 bits per heavy atom. The standard InChI is InChI=1S/C16H16FN3S/c1-3-10(2)20-15-14-13(8-21-16(14)19-9-18-15)11-4-6-12(17)7-5-11/h4-10H,3H2,1-2H3,(H,18,19,20)/t10-/m0/s1. The molecule has 5 heteroatoms. The molecule has 1 aromatic carbocycles. The quantitative estimate of drug-likeness (QED) is 0.758. The summed E-state index contributed by atoms with van der Waals surface area (Å²) in [6.07, 6.45) is 2.60. The summed E-state index contributed by atoms with van der Waals surface area (Å²) in [5.41, 5.74) is 2.02. The molecule has 0 unspecified atom stereocenters. The van der Waals surface area contributed by atoms with Crippen LogP contribution in [0.2, 0.25) is 0 Å². The highest BCUT2D eigenvalue weighted by molar-refractivity contribution is 7.17. The second-order valence-electron chi connectivity index (χ2n) is 5.01. The van der Waals surface area contributed by atoms with Gasteiger partial charge in [-0.1, -0.05) is 19.1 Å². The third-order valence-electron chi connectivity index (χ3n) is 3.52. The summed E-state index contributed by atoms with van der Waals surface area (Å²) < 4.78 is 13.1. The van der Waals surface area contributed by atoms with Gasteiger partial charge in [-0.05, 0) is 31.0 Å². The van der Waals surface area contributed by atoms with Crippen LogP contribution in [0.4, 0.5) is 10.2 Å². The normalized spacial score (nSPS) is 12.5. The fraction of sp³-hybridized carbons (Fsp3) is 0.250. The van der Waals surface area contributed by atoms with Crippen LogP contribution in [0.25, 0.3) is 21.3 Å². The highest BCUT2D eigenvalue weighted by Gasteiger charge is 2.14. The van der Waals surface area contributed by atoms with E-state index in [1.807, 2.05) is 5.38 Å². The molecule has 0 fully saturated rings. The number of nitrogens with zero attached hydrogens (tertiary/aromatic N) is 2. The predicted molar refractivity (Wildman–Crippen MR) is 86.2 cm³/mol. The molecule has 21 heavy (non-hydrogen) atoms. The van der Waals surface area contributed by atoms with Crippen molar-refractivity contribution in [1.29, 1.82) is 0 Å². The fourth-order valence-electron chi connectivity index (χ4n) is 2.16. The minimum absolute atomic E-state index is 0.229. The Bertz CT molecular complexity index is 752. The van der Waals surface area contributed by atoms with E-state index in [4.69, 9.17) is 0 Å². The van der Waals surface area contributed by atoms with Gasteiger partial charge >= 0.3 is 0 Å². The Morgan fingerprint density at radius 3 is 2.71 bits per heavy atom. The molecule has 108 valence electrons. The van der Waals surface area contributed by atoms with Crippen molar-refractivity contribution in [3.8, 4) is 11.1 Å².